The summed E-state index contributed by atoms with van der Waals surface area (Å²) in [6.07, 6.45) is 0.207. The Morgan fingerprint density at radius 3 is 2.68 bits per heavy atom. The maximum Gasteiger partial charge on any atom is 0.142 e. The van der Waals surface area contributed by atoms with E-state index in [2.05, 4.69) is 56.1 Å². The predicted octanol–water partition coefficient (Wildman–Crippen LogP) is 2.91. The Hall–Kier alpha value is -1.22. The van der Waals surface area contributed by atoms with Gasteiger partial charge >= 0.3 is 0 Å². The van der Waals surface area contributed by atoms with Crippen molar-refractivity contribution in [3.05, 3.63) is 24.3 Å². The molecule has 0 aliphatic carbocycles. The molecule has 1 saturated heterocycles. The van der Waals surface area contributed by atoms with Crippen molar-refractivity contribution < 1.29 is 4.74 Å². The Morgan fingerprint density at radius 2 is 1.95 bits per heavy atom. The van der Waals surface area contributed by atoms with Gasteiger partial charge in [0.15, 0.2) is 0 Å². The predicted molar refractivity (Wildman–Crippen MR) is 81.0 cm³/mol. The fourth-order valence-electron chi connectivity index (χ4n) is 2.61. The van der Waals surface area contributed by atoms with Crippen LogP contribution in [-0.2, 0) is 0 Å². The molecule has 3 heteroatoms. The molecule has 106 valence electrons. The Morgan fingerprint density at radius 1 is 1.21 bits per heavy atom. The zero-order valence-corrected chi connectivity index (χ0v) is 12.5. The molecule has 1 heterocycles. The highest BCUT2D eigenvalue weighted by Gasteiger charge is 2.23. The fraction of sp³-hybridized carbons (Fsp3) is 0.625. The van der Waals surface area contributed by atoms with Crippen molar-refractivity contribution in [2.75, 3.05) is 24.5 Å². The standard InChI is InChI=1S/C16H26N2O/c1-12(2)19-16-8-6-5-7-15(16)18-11-13(3)9-17-10-14(18)4/h5-8,12-14,17H,9-11H2,1-4H3. The van der Waals surface area contributed by atoms with Gasteiger partial charge in [-0.1, -0.05) is 19.1 Å². The summed E-state index contributed by atoms with van der Waals surface area (Å²) in [5.41, 5.74) is 1.22. The van der Waals surface area contributed by atoms with Gasteiger partial charge in [-0.15, -0.1) is 0 Å². The monoisotopic (exact) mass is 262 g/mol. The van der Waals surface area contributed by atoms with Crippen LogP contribution in [0.25, 0.3) is 0 Å². The van der Waals surface area contributed by atoms with Crippen molar-refractivity contribution in [3.63, 3.8) is 0 Å². The Kier molecular flexibility index (Phi) is 4.70. The SMILES string of the molecule is CC1CNCC(C)N(c2ccccc2OC(C)C)C1. The summed E-state index contributed by atoms with van der Waals surface area (Å²) in [5.74, 6) is 1.65. The number of ether oxygens (including phenoxy) is 1. The molecular formula is C16H26N2O. The van der Waals surface area contributed by atoms with Crippen molar-refractivity contribution in [1.29, 1.82) is 0 Å². The highest BCUT2D eigenvalue weighted by molar-refractivity contribution is 5.59. The molecule has 2 unspecified atom stereocenters. The van der Waals surface area contributed by atoms with E-state index in [0.29, 0.717) is 12.0 Å². The lowest BCUT2D eigenvalue weighted by Crippen LogP contribution is -2.38. The third-order valence-electron chi connectivity index (χ3n) is 3.51. The molecule has 2 rings (SSSR count). The van der Waals surface area contributed by atoms with Gasteiger partial charge in [-0.3, -0.25) is 0 Å². The van der Waals surface area contributed by atoms with Gasteiger partial charge in [0.2, 0.25) is 0 Å². The third kappa shape index (κ3) is 3.63. The van der Waals surface area contributed by atoms with Crippen LogP contribution in [-0.4, -0.2) is 31.8 Å². The number of hydrogen-bond acceptors (Lipinski definition) is 3. The summed E-state index contributed by atoms with van der Waals surface area (Å²) >= 11 is 0. The van der Waals surface area contributed by atoms with E-state index in [1.165, 1.54) is 5.69 Å². The van der Waals surface area contributed by atoms with Gasteiger partial charge in [-0.2, -0.15) is 0 Å². The topological polar surface area (TPSA) is 24.5 Å². The highest BCUT2D eigenvalue weighted by Crippen LogP contribution is 2.31. The average Bonchev–Trinajstić information content (AvgIpc) is 2.51. The van der Waals surface area contributed by atoms with Crippen LogP contribution >= 0.6 is 0 Å². The van der Waals surface area contributed by atoms with E-state index in [4.69, 9.17) is 4.74 Å². The minimum atomic E-state index is 0.207. The maximum atomic E-state index is 5.96. The Bertz CT molecular complexity index is 405. The smallest absolute Gasteiger partial charge is 0.142 e. The zero-order valence-electron chi connectivity index (χ0n) is 12.5. The molecular weight excluding hydrogens is 236 g/mol. The highest BCUT2D eigenvalue weighted by atomic mass is 16.5. The lowest BCUT2D eigenvalue weighted by Gasteiger charge is -2.32. The molecule has 0 saturated carbocycles. The molecule has 0 spiro atoms. The normalized spacial score (nSPS) is 24.4. The van der Waals surface area contributed by atoms with Gasteiger partial charge in [0.1, 0.15) is 5.75 Å². The van der Waals surface area contributed by atoms with Gasteiger partial charge in [0.25, 0.3) is 0 Å². The van der Waals surface area contributed by atoms with Crippen molar-refractivity contribution in [2.45, 2.75) is 39.8 Å². The van der Waals surface area contributed by atoms with Gasteiger partial charge in [0.05, 0.1) is 11.8 Å². The maximum absolute atomic E-state index is 5.96. The lowest BCUT2D eigenvalue weighted by atomic mass is 10.1. The minimum absolute atomic E-state index is 0.207. The van der Waals surface area contributed by atoms with E-state index >= 15 is 0 Å². The van der Waals surface area contributed by atoms with E-state index in [9.17, 15) is 0 Å². The number of benzene rings is 1. The third-order valence-corrected chi connectivity index (χ3v) is 3.51. The van der Waals surface area contributed by atoms with Crippen LogP contribution in [0.4, 0.5) is 5.69 Å². The molecule has 3 nitrogen and oxygen atoms in total. The second-order valence-corrected chi connectivity index (χ2v) is 5.90. The van der Waals surface area contributed by atoms with Gasteiger partial charge in [0, 0.05) is 19.1 Å². The van der Waals surface area contributed by atoms with Crippen LogP contribution in [0.1, 0.15) is 27.7 Å². The van der Waals surface area contributed by atoms with Crippen LogP contribution in [0.3, 0.4) is 0 Å². The first-order chi connectivity index (χ1) is 9.08. The number of nitrogens with zero attached hydrogens (tertiary/aromatic N) is 1. The van der Waals surface area contributed by atoms with Crippen LogP contribution in [0, 0.1) is 5.92 Å². The summed E-state index contributed by atoms with van der Waals surface area (Å²) in [6.45, 7) is 11.9. The zero-order chi connectivity index (χ0) is 13.8. The van der Waals surface area contributed by atoms with Crippen LogP contribution in [0.5, 0.6) is 5.75 Å². The minimum Gasteiger partial charge on any atom is -0.489 e. The molecule has 1 N–H and O–H groups in total. The molecule has 0 bridgehead atoms. The molecule has 1 fully saturated rings. The van der Waals surface area contributed by atoms with Crippen molar-refractivity contribution >= 4 is 5.69 Å². The van der Waals surface area contributed by atoms with Gasteiger partial charge in [-0.05, 0) is 45.4 Å². The molecule has 0 radical (unpaired) electrons. The quantitative estimate of drug-likeness (QED) is 0.906. The van der Waals surface area contributed by atoms with Gasteiger partial charge < -0.3 is 15.0 Å². The summed E-state index contributed by atoms with van der Waals surface area (Å²) < 4.78 is 5.96. The van der Waals surface area contributed by atoms with Crippen LogP contribution < -0.4 is 15.0 Å². The molecule has 0 aromatic heterocycles. The molecule has 1 aliphatic rings. The Balaban J connectivity index is 2.27. The summed E-state index contributed by atoms with van der Waals surface area (Å²) in [5, 5.41) is 3.52. The number of anilines is 1. The van der Waals surface area contributed by atoms with Crippen molar-refractivity contribution in [2.24, 2.45) is 5.92 Å². The van der Waals surface area contributed by atoms with Crippen LogP contribution in [0.15, 0.2) is 24.3 Å². The molecule has 2 atom stereocenters. The molecule has 1 aliphatic heterocycles. The van der Waals surface area contributed by atoms with Crippen molar-refractivity contribution in [3.8, 4) is 5.75 Å². The summed E-state index contributed by atoms with van der Waals surface area (Å²) in [7, 11) is 0. The van der Waals surface area contributed by atoms with E-state index in [1.807, 2.05) is 6.07 Å². The number of rotatable bonds is 3. The lowest BCUT2D eigenvalue weighted by molar-refractivity contribution is 0.242. The van der Waals surface area contributed by atoms with Gasteiger partial charge in [-0.25, -0.2) is 0 Å². The first kappa shape index (κ1) is 14.2. The van der Waals surface area contributed by atoms with E-state index in [0.717, 1.165) is 25.4 Å². The molecule has 1 aromatic rings. The number of nitrogens with one attached hydrogen (secondary N) is 1. The van der Waals surface area contributed by atoms with E-state index in [-0.39, 0.29) is 6.10 Å². The van der Waals surface area contributed by atoms with Crippen molar-refractivity contribution in [1.82, 2.24) is 5.32 Å². The van der Waals surface area contributed by atoms with E-state index in [1.54, 1.807) is 0 Å². The van der Waals surface area contributed by atoms with Crippen LogP contribution in [0.2, 0.25) is 0 Å². The summed E-state index contributed by atoms with van der Waals surface area (Å²) in [6, 6.07) is 8.88. The molecule has 0 amide bonds. The number of para-hydroxylation sites is 2. The first-order valence-corrected chi connectivity index (χ1v) is 7.31. The Labute approximate surface area is 116 Å². The number of hydrogen-bond donors (Lipinski definition) is 1. The second-order valence-electron chi connectivity index (χ2n) is 5.90. The fourth-order valence-corrected chi connectivity index (χ4v) is 2.61. The van der Waals surface area contributed by atoms with E-state index < -0.39 is 0 Å². The average molecular weight is 262 g/mol. The molecule has 19 heavy (non-hydrogen) atoms. The summed E-state index contributed by atoms with van der Waals surface area (Å²) in [4.78, 5) is 2.47. The largest absolute Gasteiger partial charge is 0.489 e. The second kappa shape index (κ2) is 6.29. The first-order valence-electron chi connectivity index (χ1n) is 7.31. The molecule has 1 aromatic carbocycles.